The first-order chi connectivity index (χ1) is 5.62. The highest BCUT2D eigenvalue weighted by molar-refractivity contribution is 6.44. The molecule has 2 atom stereocenters. The first-order valence-electron chi connectivity index (χ1n) is 5.41. The summed E-state index contributed by atoms with van der Waals surface area (Å²) >= 11 is 0. The van der Waals surface area contributed by atoms with Gasteiger partial charge in [0.1, 0.15) is 0 Å². The number of hydrogen-bond acceptors (Lipinski definition) is 1. The minimum atomic E-state index is 0.226. The second-order valence-corrected chi connectivity index (χ2v) is 5.41. The van der Waals surface area contributed by atoms with Gasteiger partial charge in [-0.05, 0) is 18.3 Å². The van der Waals surface area contributed by atoms with Gasteiger partial charge in [0.25, 0.3) is 0 Å². The average Bonchev–Trinajstić information content (AvgIpc) is 2.06. The molecule has 68 valence electrons. The minimum absolute atomic E-state index is 0.226. The first kappa shape index (κ1) is 8.62. The lowest BCUT2D eigenvalue weighted by atomic mass is 9.37. The van der Waals surface area contributed by atoms with Crippen molar-refractivity contribution in [1.82, 2.24) is 0 Å². The third kappa shape index (κ3) is 1.54. The van der Waals surface area contributed by atoms with Crippen LogP contribution in [0.5, 0.6) is 0 Å². The van der Waals surface area contributed by atoms with E-state index in [0.29, 0.717) is 5.31 Å². The van der Waals surface area contributed by atoms with Crippen LogP contribution in [0.3, 0.4) is 0 Å². The van der Waals surface area contributed by atoms with E-state index >= 15 is 0 Å². The SMILES string of the molecule is CC12BC(N)(CCCC1)CCC2. The van der Waals surface area contributed by atoms with Gasteiger partial charge in [-0.15, -0.1) is 0 Å². The predicted octanol–water partition coefficient (Wildman–Crippen LogP) is 2.01. The molecule has 2 aliphatic rings. The van der Waals surface area contributed by atoms with Gasteiger partial charge in [0.2, 0.25) is 0 Å². The Balaban J connectivity index is 2.17. The summed E-state index contributed by atoms with van der Waals surface area (Å²) in [5, 5.41) is 0.601. The van der Waals surface area contributed by atoms with Crippen molar-refractivity contribution in [3.8, 4) is 0 Å². The van der Waals surface area contributed by atoms with Gasteiger partial charge in [0.15, 0.2) is 7.28 Å². The molecule has 2 bridgehead atoms. The van der Waals surface area contributed by atoms with Crippen LogP contribution in [-0.4, -0.2) is 12.7 Å². The smallest absolute Gasteiger partial charge is 0.152 e. The topological polar surface area (TPSA) is 26.0 Å². The summed E-state index contributed by atoms with van der Waals surface area (Å²) in [6.45, 7) is 2.44. The molecule has 0 aromatic carbocycles. The standard InChI is InChI=1S/C10H20BN/c1-9-5-2-3-7-10(12,11-9)8-4-6-9/h11H,2-8,12H2,1H3. The zero-order valence-corrected chi connectivity index (χ0v) is 8.23. The minimum Gasteiger partial charge on any atom is -0.332 e. The molecule has 0 aromatic rings. The van der Waals surface area contributed by atoms with Gasteiger partial charge in [0.05, 0.1) is 0 Å². The van der Waals surface area contributed by atoms with Crippen LogP contribution in [0.4, 0.5) is 0 Å². The zero-order chi connectivity index (χ0) is 8.66. The lowest BCUT2D eigenvalue weighted by Crippen LogP contribution is -2.51. The molecule has 2 heteroatoms. The maximum atomic E-state index is 6.39. The van der Waals surface area contributed by atoms with E-state index in [1.165, 1.54) is 52.2 Å². The Kier molecular flexibility index (Phi) is 1.98. The number of hydrogen-bond donors (Lipinski definition) is 1. The van der Waals surface area contributed by atoms with E-state index in [0.717, 1.165) is 0 Å². The van der Waals surface area contributed by atoms with Crippen molar-refractivity contribution in [3.63, 3.8) is 0 Å². The summed E-state index contributed by atoms with van der Waals surface area (Å²) < 4.78 is 0. The maximum Gasteiger partial charge on any atom is 0.152 e. The summed E-state index contributed by atoms with van der Waals surface area (Å²) in [6.07, 6.45) is 9.55. The van der Waals surface area contributed by atoms with E-state index in [4.69, 9.17) is 5.73 Å². The molecule has 12 heavy (non-hydrogen) atoms. The Morgan fingerprint density at radius 3 is 2.42 bits per heavy atom. The second kappa shape index (κ2) is 2.76. The lowest BCUT2D eigenvalue weighted by Gasteiger charge is -2.41. The fourth-order valence-electron chi connectivity index (χ4n) is 3.35. The van der Waals surface area contributed by atoms with E-state index in [2.05, 4.69) is 6.92 Å². The molecule has 0 amide bonds. The maximum absolute atomic E-state index is 6.39. The fraction of sp³-hybridized carbons (Fsp3) is 1.00. The van der Waals surface area contributed by atoms with Gasteiger partial charge in [-0.3, -0.25) is 0 Å². The molecule has 0 radical (unpaired) electrons. The predicted molar refractivity (Wildman–Crippen MR) is 54.8 cm³/mol. The van der Waals surface area contributed by atoms with Crippen molar-refractivity contribution >= 4 is 7.28 Å². The molecule has 2 fully saturated rings. The molecular formula is C10H20BN. The summed E-state index contributed by atoms with van der Waals surface area (Å²) in [7, 11) is 1.29. The largest absolute Gasteiger partial charge is 0.332 e. The lowest BCUT2D eigenvalue weighted by molar-refractivity contribution is 0.402. The number of nitrogens with two attached hydrogens (primary N) is 1. The second-order valence-electron chi connectivity index (χ2n) is 5.41. The first-order valence-corrected chi connectivity index (χ1v) is 5.41. The van der Waals surface area contributed by atoms with Gasteiger partial charge in [-0.25, -0.2) is 0 Å². The van der Waals surface area contributed by atoms with Crippen LogP contribution in [0, 0.1) is 0 Å². The Morgan fingerprint density at radius 2 is 1.58 bits per heavy atom. The van der Waals surface area contributed by atoms with Crippen molar-refractivity contribution in [2.24, 2.45) is 5.73 Å². The molecule has 0 aromatic heterocycles. The van der Waals surface area contributed by atoms with Crippen molar-refractivity contribution in [2.75, 3.05) is 0 Å². The highest BCUT2D eigenvalue weighted by atomic mass is 14.7. The van der Waals surface area contributed by atoms with Crippen molar-refractivity contribution < 1.29 is 0 Å². The Morgan fingerprint density at radius 1 is 1.00 bits per heavy atom. The van der Waals surface area contributed by atoms with Crippen LogP contribution in [-0.2, 0) is 0 Å². The number of rotatable bonds is 0. The third-order valence-electron chi connectivity index (χ3n) is 3.94. The van der Waals surface area contributed by atoms with Gasteiger partial charge in [-0.2, -0.15) is 0 Å². The van der Waals surface area contributed by atoms with Crippen LogP contribution in [0.2, 0.25) is 5.31 Å². The molecule has 2 aliphatic heterocycles. The highest BCUT2D eigenvalue weighted by Gasteiger charge is 2.42. The molecule has 2 N–H and O–H groups in total. The van der Waals surface area contributed by atoms with Crippen molar-refractivity contribution in [2.45, 2.75) is 62.6 Å². The Labute approximate surface area is 76.3 Å². The Bertz CT molecular complexity index is 165. The van der Waals surface area contributed by atoms with Crippen LogP contribution < -0.4 is 5.73 Å². The van der Waals surface area contributed by atoms with Gasteiger partial charge in [0, 0.05) is 0 Å². The quantitative estimate of drug-likeness (QED) is 0.546. The van der Waals surface area contributed by atoms with E-state index < -0.39 is 0 Å². The molecule has 0 aliphatic carbocycles. The monoisotopic (exact) mass is 165 g/mol. The molecule has 2 saturated heterocycles. The molecule has 1 nitrogen and oxygen atoms in total. The highest BCUT2D eigenvalue weighted by Crippen LogP contribution is 2.47. The van der Waals surface area contributed by atoms with E-state index in [1.54, 1.807) is 0 Å². The summed E-state index contributed by atoms with van der Waals surface area (Å²) in [6, 6.07) is 0. The third-order valence-corrected chi connectivity index (χ3v) is 3.94. The van der Waals surface area contributed by atoms with E-state index in [1.807, 2.05) is 0 Å². The van der Waals surface area contributed by atoms with Crippen LogP contribution in [0.25, 0.3) is 0 Å². The molecule has 2 rings (SSSR count). The fourth-order valence-corrected chi connectivity index (χ4v) is 3.35. The zero-order valence-electron chi connectivity index (χ0n) is 8.23. The summed E-state index contributed by atoms with van der Waals surface area (Å²) in [5.74, 6) is 0. The van der Waals surface area contributed by atoms with E-state index in [-0.39, 0.29) is 5.44 Å². The van der Waals surface area contributed by atoms with Gasteiger partial charge >= 0.3 is 0 Å². The normalized spacial score (nSPS) is 47.8. The van der Waals surface area contributed by atoms with Gasteiger partial charge in [-0.1, -0.05) is 44.3 Å². The summed E-state index contributed by atoms with van der Waals surface area (Å²) in [4.78, 5) is 0. The van der Waals surface area contributed by atoms with Crippen LogP contribution in [0.15, 0.2) is 0 Å². The van der Waals surface area contributed by atoms with Crippen LogP contribution in [0.1, 0.15) is 51.9 Å². The van der Waals surface area contributed by atoms with Gasteiger partial charge < -0.3 is 5.73 Å². The average molecular weight is 165 g/mol. The van der Waals surface area contributed by atoms with E-state index in [9.17, 15) is 0 Å². The molecule has 2 heterocycles. The Hall–Kier alpha value is 0.0249. The molecular weight excluding hydrogens is 145 g/mol. The molecule has 2 unspecified atom stereocenters. The van der Waals surface area contributed by atoms with Crippen LogP contribution >= 0.6 is 0 Å². The van der Waals surface area contributed by atoms with Crippen molar-refractivity contribution in [1.29, 1.82) is 0 Å². The van der Waals surface area contributed by atoms with Crippen molar-refractivity contribution in [3.05, 3.63) is 0 Å². The number of fused-ring (bicyclic) bond motifs is 2. The molecule has 0 spiro atoms. The molecule has 0 saturated carbocycles. The summed E-state index contributed by atoms with van der Waals surface area (Å²) in [5.41, 5.74) is 6.61.